The quantitative estimate of drug-likeness (QED) is 0.779. The lowest BCUT2D eigenvalue weighted by molar-refractivity contribution is 0.138. The minimum absolute atomic E-state index is 0.217. The lowest BCUT2D eigenvalue weighted by Gasteiger charge is -2.15. The molecule has 80 valence electrons. The molecule has 4 heteroatoms. The largest absolute Gasteiger partial charge is 0.391 e. The fourth-order valence-electron chi connectivity index (χ4n) is 1.06. The molecule has 1 aromatic heterocycles. The summed E-state index contributed by atoms with van der Waals surface area (Å²) in [5.74, 6) is 0.217. The fraction of sp³-hybridized carbons (Fsp3) is 0.455. The molecule has 1 atom stereocenters. The highest BCUT2D eigenvalue weighted by Crippen LogP contribution is 2.08. The van der Waals surface area contributed by atoms with Crippen molar-refractivity contribution in [2.24, 2.45) is 5.92 Å². The first-order valence-corrected chi connectivity index (χ1v) is 4.91. The van der Waals surface area contributed by atoms with Gasteiger partial charge in [-0.2, -0.15) is 5.26 Å². The van der Waals surface area contributed by atoms with E-state index in [2.05, 4.69) is 10.3 Å². The van der Waals surface area contributed by atoms with Crippen LogP contribution in [0.4, 0.5) is 5.69 Å². The number of anilines is 1. The maximum atomic E-state index is 9.57. The summed E-state index contributed by atoms with van der Waals surface area (Å²) in [6, 6.07) is 5.40. The van der Waals surface area contributed by atoms with Gasteiger partial charge in [-0.15, -0.1) is 0 Å². The van der Waals surface area contributed by atoms with E-state index in [-0.39, 0.29) is 12.0 Å². The minimum atomic E-state index is -0.385. The van der Waals surface area contributed by atoms with Crippen LogP contribution in [0.25, 0.3) is 0 Å². The molecular weight excluding hydrogens is 190 g/mol. The number of aliphatic hydroxyl groups excluding tert-OH is 1. The van der Waals surface area contributed by atoms with E-state index in [0.717, 1.165) is 5.69 Å². The molecule has 1 unspecified atom stereocenters. The minimum Gasteiger partial charge on any atom is -0.391 e. The Morgan fingerprint density at radius 2 is 2.33 bits per heavy atom. The standard InChI is InChI=1S/C11H15N3O/c1-8(2)11(15)7-14-9-3-4-13-10(5-9)6-12/h3-5,8,11,15H,7H2,1-2H3,(H,13,14). The zero-order chi connectivity index (χ0) is 11.3. The van der Waals surface area contributed by atoms with E-state index in [4.69, 9.17) is 5.26 Å². The van der Waals surface area contributed by atoms with E-state index in [9.17, 15) is 5.11 Å². The SMILES string of the molecule is CC(C)C(O)CNc1ccnc(C#N)c1. The first-order chi connectivity index (χ1) is 7.13. The van der Waals surface area contributed by atoms with E-state index in [0.29, 0.717) is 12.2 Å². The predicted octanol–water partition coefficient (Wildman–Crippen LogP) is 1.38. The summed E-state index contributed by atoms with van der Waals surface area (Å²) in [5.41, 5.74) is 1.18. The molecule has 0 saturated heterocycles. The van der Waals surface area contributed by atoms with Gasteiger partial charge in [-0.1, -0.05) is 13.8 Å². The van der Waals surface area contributed by atoms with E-state index >= 15 is 0 Å². The molecule has 2 N–H and O–H groups in total. The van der Waals surface area contributed by atoms with Crippen LogP contribution in [0.2, 0.25) is 0 Å². The van der Waals surface area contributed by atoms with Crippen LogP contribution < -0.4 is 5.32 Å². The number of pyridine rings is 1. The number of rotatable bonds is 4. The van der Waals surface area contributed by atoms with Crippen molar-refractivity contribution in [3.63, 3.8) is 0 Å². The van der Waals surface area contributed by atoms with Crippen molar-refractivity contribution in [1.29, 1.82) is 5.26 Å². The van der Waals surface area contributed by atoms with Gasteiger partial charge in [0.05, 0.1) is 6.10 Å². The third kappa shape index (κ3) is 3.56. The van der Waals surface area contributed by atoms with Crippen LogP contribution in [0.3, 0.4) is 0 Å². The summed E-state index contributed by atoms with van der Waals surface area (Å²) in [6.45, 7) is 4.39. The average molecular weight is 205 g/mol. The Labute approximate surface area is 89.6 Å². The van der Waals surface area contributed by atoms with Gasteiger partial charge in [-0.05, 0) is 18.1 Å². The van der Waals surface area contributed by atoms with Gasteiger partial charge in [0, 0.05) is 18.4 Å². The van der Waals surface area contributed by atoms with E-state index in [1.165, 1.54) is 0 Å². The van der Waals surface area contributed by atoms with E-state index in [1.54, 1.807) is 18.3 Å². The first kappa shape index (κ1) is 11.5. The summed E-state index contributed by atoms with van der Waals surface area (Å²) in [7, 11) is 0. The normalized spacial score (nSPS) is 12.2. The van der Waals surface area contributed by atoms with E-state index in [1.807, 2.05) is 19.9 Å². The second-order valence-corrected chi connectivity index (χ2v) is 3.73. The van der Waals surface area contributed by atoms with Crippen LogP contribution in [-0.4, -0.2) is 22.7 Å². The van der Waals surface area contributed by atoms with Gasteiger partial charge in [0.1, 0.15) is 11.8 Å². The Hall–Kier alpha value is -1.60. The smallest absolute Gasteiger partial charge is 0.142 e. The Balaban J connectivity index is 2.55. The molecule has 0 aromatic carbocycles. The molecule has 0 aliphatic rings. The highest BCUT2D eigenvalue weighted by molar-refractivity contribution is 5.45. The zero-order valence-electron chi connectivity index (χ0n) is 8.94. The van der Waals surface area contributed by atoms with Gasteiger partial charge < -0.3 is 10.4 Å². The fourth-order valence-corrected chi connectivity index (χ4v) is 1.06. The molecular formula is C11H15N3O. The van der Waals surface area contributed by atoms with E-state index < -0.39 is 0 Å². The van der Waals surface area contributed by atoms with Crippen LogP contribution in [0, 0.1) is 17.2 Å². The first-order valence-electron chi connectivity index (χ1n) is 4.91. The zero-order valence-corrected chi connectivity index (χ0v) is 8.94. The summed E-state index contributed by atoms with van der Waals surface area (Å²) in [4.78, 5) is 3.86. The van der Waals surface area contributed by atoms with Crippen molar-refractivity contribution >= 4 is 5.69 Å². The molecule has 0 bridgehead atoms. The number of aliphatic hydroxyl groups is 1. The summed E-state index contributed by atoms with van der Waals surface area (Å²) < 4.78 is 0. The van der Waals surface area contributed by atoms with Crippen molar-refractivity contribution in [2.75, 3.05) is 11.9 Å². The Morgan fingerprint density at radius 3 is 2.93 bits per heavy atom. The second kappa shape index (κ2) is 5.32. The predicted molar refractivity (Wildman–Crippen MR) is 58.3 cm³/mol. The maximum Gasteiger partial charge on any atom is 0.142 e. The highest BCUT2D eigenvalue weighted by Gasteiger charge is 2.08. The van der Waals surface area contributed by atoms with Gasteiger partial charge in [0.2, 0.25) is 0 Å². The number of nitriles is 1. The number of nitrogens with zero attached hydrogens (tertiary/aromatic N) is 2. The lowest BCUT2D eigenvalue weighted by atomic mass is 10.1. The van der Waals surface area contributed by atoms with Gasteiger partial charge in [0.15, 0.2) is 0 Å². The molecule has 1 aromatic rings. The van der Waals surface area contributed by atoms with Crippen LogP contribution in [-0.2, 0) is 0 Å². The molecule has 4 nitrogen and oxygen atoms in total. The van der Waals surface area contributed by atoms with Crippen LogP contribution in [0.1, 0.15) is 19.5 Å². The number of hydrogen-bond donors (Lipinski definition) is 2. The number of hydrogen-bond acceptors (Lipinski definition) is 4. The molecule has 0 aliphatic heterocycles. The van der Waals surface area contributed by atoms with Crippen LogP contribution in [0.5, 0.6) is 0 Å². The maximum absolute atomic E-state index is 9.57. The van der Waals surface area contributed by atoms with Gasteiger partial charge in [0.25, 0.3) is 0 Å². The van der Waals surface area contributed by atoms with Crippen molar-refractivity contribution < 1.29 is 5.11 Å². The molecule has 0 saturated carbocycles. The lowest BCUT2D eigenvalue weighted by Crippen LogP contribution is -2.24. The van der Waals surface area contributed by atoms with Gasteiger partial charge >= 0.3 is 0 Å². The van der Waals surface area contributed by atoms with Crippen molar-refractivity contribution in [3.8, 4) is 6.07 Å². The average Bonchev–Trinajstić information content (AvgIpc) is 2.26. The number of aromatic nitrogens is 1. The topological polar surface area (TPSA) is 68.9 Å². The molecule has 1 rings (SSSR count). The van der Waals surface area contributed by atoms with Crippen LogP contribution >= 0.6 is 0 Å². The molecule has 1 heterocycles. The van der Waals surface area contributed by atoms with Crippen molar-refractivity contribution in [3.05, 3.63) is 24.0 Å². The molecule has 0 aliphatic carbocycles. The summed E-state index contributed by atoms with van der Waals surface area (Å²) in [5, 5.41) is 21.3. The Bertz CT molecular complexity index is 357. The second-order valence-electron chi connectivity index (χ2n) is 3.73. The summed E-state index contributed by atoms with van der Waals surface area (Å²) in [6.07, 6.45) is 1.19. The number of nitrogens with one attached hydrogen (secondary N) is 1. The molecule has 0 radical (unpaired) electrons. The Morgan fingerprint density at radius 1 is 1.60 bits per heavy atom. The van der Waals surface area contributed by atoms with Crippen LogP contribution in [0.15, 0.2) is 18.3 Å². The van der Waals surface area contributed by atoms with Crippen molar-refractivity contribution in [1.82, 2.24) is 4.98 Å². The van der Waals surface area contributed by atoms with Gasteiger partial charge in [-0.25, -0.2) is 4.98 Å². The third-order valence-electron chi connectivity index (χ3n) is 2.16. The molecule has 0 fully saturated rings. The monoisotopic (exact) mass is 205 g/mol. The summed E-state index contributed by atoms with van der Waals surface area (Å²) >= 11 is 0. The van der Waals surface area contributed by atoms with Crippen molar-refractivity contribution in [2.45, 2.75) is 20.0 Å². The highest BCUT2D eigenvalue weighted by atomic mass is 16.3. The molecule has 15 heavy (non-hydrogen) atoms. The molecule has 0 amide bonds. The van der Waals surface area contributed by atoms with Gasteiger partial charge in [-0.3, -0.25) is 0 Å². The third-order valence-corrected chi connectivity index (χ3v) is 2.16. The Kier molecular flexibility index (Phi) is 4.07. The molecule has 0 spiro atoms.